The molecule has 0 fully saturated rings. The molecule has 0 atom stereocenters. The topological polar surface area (TPSA) is 46.1 Å². The number of hydrogen-bond donors (Lipinski definition) is 0. The fraction of sp³-hybridized carbons (Fsp3) is 0.583. The molecule has 0 saturated heterocycles. The molecule has 0 aromatic carbocycles. The Kier molecular flexibility index (Phi) is 2.66. The third-order valence-corrected chi connectivity index (χ3v) is 2.62. The molecule has 0 bridgehead atoms. The van der Waals surface area contributed by atoms with E-state index in [-0.39, 0.29) is 11.3 Å². The Morgan fingerprint density at radius 2 is 2.19 bits per heavy atom. The van der Waals surface area contributed by atoms with E-state index in [1.807, 2.05) is 4.90 Å². The molecule has 1 aromatic heterocycles. The number of rotatable bonds is 1. The van der Waals surface area contributed by atoms with Crippen molar-refractivity contribution in [2.75, 3.05) is 0 Å². The minimum Gasteiger partial charge on any atom is -0.332 e. The molecule has 0 saturated carbocycles. The normalized spacial score (nSPS) is 15.1. The maximum absolute atomic E-state index is 12.0. The van der Waals surface area contributed by atoms with Crippen LogP contribution in [0.4, 0.5) is 0 Å². The van der Waals surface area contributed by atoms with E-state index in [4.69, 9.17) is 0 Å². The van der Waals surface area contributed by atoms with E-state index in [0.717, 1.165) is 11.3 Å². The lowest BCUT2D eigenvalue weighted by atomic mass is 9.92. The molecule has 0 radical (unpaired) electrons. The fourth-order valence-electron chi connectivity index (χ4n) is 1.84. The number of carbonyl (C=O) groups excluding carboxylic acids is 1. The highest BCUT2D eigenvalue weighted by Gasteiger charge is 2.27. The van der Waals surface area contributed by atoms with E-state index in [9.17, 15) is 4.79 Å². The maximum Gasteiger partial charge on any atom is 0.223 e. The Labute approximate surface area is 95.7 Å². The van der Waals surface area contributed by atoms with Crippen molar-refractivity contribution in [2.24, 2.45) is 5.41 Å². The number of aromatic nitrogens is 2. The number of nitrogens with zero attached hydrogens (tertiary/aromatic N) is 3. The van der Waals surface area contributed by atoms with Crippen molar-refractivity contribution in [3.63, 3.8) is 0 Å². The molecular formula is C12H17N3O. The summed E-state index contributed by atoms with van der Waals surface area (Å²) in [4.78, 5) is 22.0. The van der Waals surface area contributed by atoms with Crippen molar-refractivity contribution in [3.05, 3.63) is 23.8 Å². The van der Waals surface area contributed by atoms with Gasteiger partial charge in [-0.25, -0.2) is 9.97 Å². The second-order valence-electron chi connectivity index (χ2n) is 5.48. The number of fused-ring (bicyclic) bond motifs is 1. The minimum absolute atomic E-state index is 0.0392. The van der Waals surface area contributed by atoms with Crippen LogP contribution < -0.4 is 0 Å². The van der Waals surface area contributed by atoms with Crippen molar-refractivity contribution in [3.8, 4) is 0 Å². The maximum atomic E-state index is 12.0. The lowest BCUT2D eigenvalue weighted by Gasteiger charge is -2.22. The predicted octanol–water partition coefficient (Wildman–Crippen LogP) is 1.75. The summed E-state index contributed by atoms with van der Waals surface area (Å²) in [6.07, 6.45) is 3.91. The second kappa shape index (κ2) is 3.85. The molecule has 1 aliphatic heterocycles. The summed E-state index contributed by atoms with van der Waals surface area (Å²) < 4.78 is 0. The van der Waals surface area contributed by atoms with Gasteiger partial charge < -0.3 is 4.90 Å². The van der Waals surface area contributed by atoms with Gasteiger partial charge in [0.2, 0.25) is 5.91 Å². The van der Waals surface area contributed by atoms with Gasteiger partial charge in [0.05, 0.1) is 12.2 Å². The van der Waals surface area contributed by atoms with E-state index in [2.05, 4.69) is 30.7 Å². The van der Waals surface area contributed by atoms with E-state index in [1.54, 1.807) is 6.20 Å². The van der Waals surface area contributed by atoms with Gasteiger partial charge in [-0.3, -0.25) is 4.79 Å². The van der Waals surface area contributed by atoms with Crippen molar-refractivity contribution in [1.82, 2.24) is 14.9 Å². The van der Waals surface area contributed by atoms with E-state index < -0.39 is 0 Å². The molecule has 0 aliphatic carbocycles. The van der Waals surface area contributed by atoms with Crippen LogP contribution in [-0.2, 0) is 17.9 Å². The van der Waals surface area contributed by atoms with Gasteiger partial charge in [0, 0.05) is 24.7 Å². The van der Waals surface area contributed by atoms with Crippen molar-refractivity contribution < 1.29 is 4.79 Å². The summed E-state index contributed by atoms with van der Waals surface area (Å²) in [5, 5.41) is 0. The van der Waals surface area contributed by atoms with E-state index in [0.29, 0.717) is 19.5 Å². The van der Waals surface area contributed by atoms with Gasteiger partial charge in [0.25, 0.3) is 0 Å². The van der Waals surface area contributed by atoms with Crippen molar-refractivity contribution >= 4 is 5.91 Å². The lowest BCUT2D eigenvalue weighted by molar-refractivity contribution is -0.133. The van der Waals surface area contributed by atoms with Crippen LogP contribution in [0.5, 0.6) is 0 Å². The van der Waals surface area contributed by atoms with Crippen LogP contribution in [0.1, 0.15) is 38.4 Å². The Bertz CT molecular complexity index is 384. The quantitative estimate of drug-likeness (QED) is 0.723. The Hall–Kier alpha value is -1.45. The summed E-state index contributed by atoms with van der Waals surface area (Å²) in [5.41, 5.74) is 2.10. The first-order valence-electron chi connectivity index (χ1n) is 5.51. The number of amides is 1. The summed E-state index contributed by atoms with van der Waals surface area (Å²) >= 11 is 0. The van der Waals surface area contributed by atoms with E-state index >= 15 is 0 Å². The number of hydrogen-bond acceptors (Lipinski definition) is 3. The van der Waals surface area contributed by atoms with E-state index in [1.165, 1.54) is 6.33 Å². The zero-order valence-electron chi connectivity index (χ0n) is 10.0. The number of carbonyl (C=O) groups is 1. The highest BCUT2D eigenvalue weighted by molar-refractivity contribution is 5.77. The van der Waals surface area contributed by atoms with Gasteiger partial charge in [-0.2, -0.15) is 0 Å². The minimum atomic E-state index is 0.0392. The SMILES string of the molecule is CC(C)(C)CC(=O)N1Cc2cncnc2C1. The molecule has 86 valence electrons. The molecule has 4 heteroatoms. The van der Waals surface area contributed by atoms with Gasteiger partial charge in [0.1, 0.15) is 6.33 Å². The van der Waals surface area contributed by atoms with Crippen molar-refractivity contribution in [1.29, 1.82) is 0 Å². The zero-order valence-corrected chi connectivity index (χ0v) is 10.0. The Morgan fingerprint density at radius 3 is 2.81 bits per heavy atom. The molecule has 1 amide bonds. The molecule has 16 heavy (non-hydrogen) atoms. The van der Waals surface area contributed by atoms with Crippen LogP contribution in [0.15, 0.2) is 12.5 Å². The molecule has 2 heterocycles. The smallest absolute Gasteiger partial charge is 0.223 e. The predicted molar refractivity (Wildman–Crippen MR) is 60.4 cm³/mol. The highest BCUT2D eigenvalue weighted by Crippen LogP contribution is 2.25. The zero-order chi connectivity index (χ0) is 11.8. The van der Waals surface area contributed by atoms with Crippen molar-refractivity contribution in [2.45, 2.75) is 40.3 Å². The third-order valence-electron chi connectivity index (χ3n) is 2.62. The van der Waals surface area contributed by atoms with Crippen LogP contribution in [0, 0.1) is 5.41 Å². The standard InChI is InChI=1S/C12H17N3O/c1-12(2,3)4-11(16)15-6-9-5-13-8-14-10(9)7-15/h5,8H,4,6-7H2,1-3H3. The average molecular weight is 219 g/mol. The lowest BCUT2D eigenvalue weighted by Crippen LogP contribution is -2.29. The first kappa shape index (κ1) is 11.0. The fourth-order valence-corrected chi connectivity index (χ4v) is 1.84. The molecule has 0 spiro atoms. The first-order chi connectivity index (χ1) is 7.46. The first-order valence-corrected chi connectivity index (χ1v) is 5.51. The summed E-state index contributed by atoms with van der Waals surface area (Å²) in [6.45, 7) is 7.52. The monoisotopic (exact) mass is 219 g/mol. The largest absolute Gasteiger partial charge is 0.332 e. The second-order valence-corrected chi connectivity index (χ2v) is 5.48. The Balaban J connectivity index is 2.04. The molecule has 1 aromatic rings. The molecule has 2 rings (SSSR count). The molecular weight excluding hydrogens is 202 g/mol. The Morgan fingerprint density at radius 1 is 1.44 bits per heavy atom. The van der Waals surface area contributed by atoms with Crippen LogP contribution >= 0.6 is 0 Å². The van der Waals surface area contributed by atoms with Crippen LogP contribution in [-0.4, -0.2) is 20.8 Å². The average Bonchev–Trinajstić information content (AvgIpc) is 2.58. The van der Waals surface area contributed by atoms with Crippen LogP contribution in [0.2, 0.25) is 0 Å². The molecule has 4 nitrogen and oxygen atoms in total. The molecule has 0 unspecified atom stereocenters. The van der Waals surface area contributed by atoms with Gasteiger partial charge in [-0.1, -0.05) is 20.8 Å². The highest BCUT2D eigenvalue weighted by atomic mass is 16.2. The molecule has 1 aliphatic rings. The molecule has 0 N–H and O–H groups in total. The van der Waals surface area contributed by atoms with Gasteiger partial charge >= 0.3 is 0 Å². The summed E-state index contributed by atoms with van der Waals surface area (Å²) in [5.74, 6) is 0.200. The third kappa shape index (κ3) is 2.38. The van der Waals surface area contributed by atoms with Gasteiger partial charge in [0.15, 0.2) is 0 Å². The van der Waals surface area contributed by atoms with Crippen LogP contribution in [0.3, 0.4) is 0 Å². The van der Waals surface area contributed by atoms with Gasteiger partial charge in [-0.15, -0.1) is 0 Å². The summed E-state index contributed by atoms with van der Waals surface area (Å²) in [6, 6.07) is 0. The summed E-state index contributed by atoms with van der Waals surface area (Å²) in [7, 11) is 0. The van der Waals surface area contributed by atoms with Crippen LogP contribution in [0.25, 0.3) is 0 Å². The van der Waals surface area contributed by atoms with Gasteiger partial charge in [-0.05, 0) is 5.41 Å².